The van der Waals surface area contributed by atoms with Crippen LogP contribution >= 0.6 is 0 Å². The zero-order valence-electron chi connectivity index (χ0n) is 8.96. The van der Waals surface area contributed by atoms with Crippen molar-refractivity contribution in [2.24, 2.45) is 5.92 Å². The van der Waals surface area contributed by atoms with Crippen molar-refractivity contribution in [3.05, 3.63) is 0 Å². The molecule has 1 aliphatic carbocycles. The van der Waals surface area contributed by atoms with E-state index in [0.29, 0.717) is 17.9 Å². The van der Waals surface area contributed by atoms with Gasteiger partial charge >= 0.3 is 0 Å². The Bertz CT molecular complexity index is 211. The number of amides is 1. The molecule has 1 heterocycles. The van der Waals surface area contributed by atoms with Gasteiger partial charge in [-0.25, -0.2) is 0 Å². The highest BCUT2D eigenvalue weighted by molar-refractivity contribution is 5.79. The minimum atomic E-state index is 0.352. The number of likely N-dealkylation sites (N-methyl/N-ethyl adjacent to an activating group) is 1. The van der Waals surface area contributed by atoms with Crippen LogP contribution in [0.25, 0.3) is 0 Å². The van der Waals surface area contributed by atoms with Gasteiger partial charge in [0.05, 0.1) is 0 Å². The smallest absolute Gasteiger partial charge is 0.225 e. The first-order chi connectivity index (χ1) is 6.81. The van der Waals surface area contributed by atoms with Crippen LogP contribution in [0.2, 0.25) is 0 Å². The van der Waals surface area contributed by atoms with Gasteiger partial charge in [0.15, 0.2) is 0 Å². The molecule has 0 aromatic rings. The number of rotatable bonds is 2. The Morgan fingerprint density at radius 1 is 1.29 bits per heavy atom. The van der Waals surface area contributed by atoms with Crippen molar-refractivity contribution in [1.82, 2.24) is 10.2 Å². The summed E-state index contributed by atoms with van der Waals surface area (Å²) >= 11 is 0. The molecule has 0 radical (unpaired) electrons. The quantitative estimate of drug-likeness (QED) is 0.714. The molecular formula is C11H20N2O. The molecule has 0 spiro atoms. The van der Waals surface area contributed by atoms with E-state index in [0.717, 1.165) is 32.4 Å². The van der Waals surface area contributed by atoms with E-state index in [1.165, 1.54) is 12.8 Å². The lowest BCUT2D eigenvalue weighted by atomic mass is 10.1. The predicted molar refractivity (Wildman–Crippen MR) is 56.0 cm³/mol. The van der Waals surface area contributed by atoms with Crippen LogP contribution in [-0.4, -0.2) is 37.0 Å². The minimum absolute atomic E-state index is 0.352. The summed E-state index contributed by atoms with van der Waals surface area (Å²) in [4.78, 5) is 14.1. The summed E-state index contributed by atoms with van der Waals surface area (Å²) in [5.41, 5.74) is 0. The van der Waals surface area contributed by atoms with Gasteiger partial charge < -0.3 is 10.2 Å². The Labute approximate surface area is 85.8 Å². The van der Waals surface area contributed by atoms with E-state index in [1.807, 2.05) is 7.05 Å². The summed E-state index contributed by atoms with van der Waals surface area (Å²) in [6.07, 6.45) is 5.87. The minimum Gasteiger partial charge on any atom is -0.341 e. The topological polar surface area (TPSA) is 32.3 Å². The molecule has 2 fully saturated rings. The fourth-order valence-electron chi connectivity index (χ4n) is 2.63. The van der Waals surface area contributed by atoms with Crippen molar-refractivity contribution in [3.63, 3.8) is 0 Å². The number of hydrogen-bond acceptors (Lipinski definition) is 2. The van der Waals surface area contributed by atoms with Crippen molar-refractivity contribution in [2.75, 3.05) is 20.1 Å². The lowest BCUT2D eigenvalue weighted by molar-refractivity contribution is -0.134. The van der Waals surface area contributed by atoms with Crippen molar-refractivity contribution >= 4 is 5.91 Å². The first-order valence-corrected chi connectivity index (χ1v) is 5.77. The summed E-state index contributed by atoms with van der Waals surface area (Å²) in [6, 6.07) is 0.528. The van der Waals surface area contributed by atoms with E-state index in [2.05, 4.69) is 10.2 Å². The van der Waals surface area contributed by atoms with E-state index < -0.39 is 0 Å². The molecule has 1 N–H and O–H groups in total. The van der Waals surface area contributed by atoms with Gasteiger partial charge in [0, 0.05) is 25.0 Å². The van der Waals surface area contributed by atoms with Gasteiger partial charge in [0.25, 0.3) is 0 Å². The second-order valence-electron chi connectivity index (χ2n) is 4.54. The Balaban J connectivity index is 1.86. The monoisotopic (exact) mass is 196 g/mol. The maximum absolute atomic E-state index is 12.0. The van der Waals surface area contributed by atoms with Crippen LogP contribution in [0.1, 0.15) is 32.1 Å². The van der Waals surface area contributed by atoms with Crippen LogP contribution in [0.15, 0.2) is 0 Å². The van der Waals surface area contributed by atoms with Crippen LogP contribution in [0.5, 0.6) is 0 Å². The number of likely N-dealkylation sites (tertiary alicyclic amines) is 1. The van der Waals surface area contributed by atoms with Gasteiger partial charge in [-0.3, -0.25) is 4.79 Å². The van der Waals surface area contributed by atoms with E-state index in [9.17, 15) is 4.79 Å². The molecule has 3 heteroatoms. The Hall–Kier alpha value is -0.570. The molecule has 1 saturated heterocycles. The van der Waals surface area contributed by atoms with E-state index in [1.54, 1.807) is 0 Å². The second kappa shape index (κ2) is 4.30. The Morgan fingerprint density at radius 2 is 2.00 bits per heavy atom. The number of nitrogens with one attached hydrogen (secondary N) is 1. The van der Waals surface area contributed by atoms with Crippen LogP contribution in [-0.2, 0) is 4.79 Å². The molecule has 0 bridgehead atoms. The van der Waals surface area contributed by atoms with Crippen LogP contribution < -0.4 is 5.32 Å². The van der Waals surface area contributed by atoms with Gasteiger partial charge in [-0.05, 0) is 26.3 Å². The number of carbonyl (C=O) groups excluding carboxylic acids is 1. The van der Waals surface area contributed by atoms with Gasteiger partial charge in [0.1, 0.15) is 0 Å². The number of carbonyl (C=O) groups is 1. The molecule has 14 heavy (non-hydrogen) atoms. The van der Waals surface area contributed by atoms with Gasteiger partial charge in [0.2, 0.25) is 5.91 Å². The predicted octanol–water partition coefficient (Wildman–Crippen LogP) is 0.997. The summed E-state index contributed by atoms with van der Waals surface area (Å²) in [5.74, 6) is 0.769. The SMILES string of the molecule is CNC1CCN(C(=O)C2CCCC2)C1. The van der Waals surface area contributed by atoms with Gasteiger partial charge in [-0.2, -0.15) is 0 Å². The molecule has 2 rings (SSSR count). The fourth-order valence-corrected chi connectivity index (χ4v) is 2.63. The highest BCUT2D eigenvalue weighted by atomic mass is 16.2. The summed E-state index contributed by atoms with van der Waals surface area (Å²) < 4.78 is 0. The van der Waals surface area contributed by atoms with Crippen molar-refractivity contribution < 1.29 is 4.79 Å². The van der Waals surface area contributed by atoms with E-state index >= 15 is 0 Å². The van der Waals surface area contributed by atoms with Crippen LogP contribution in [0.4, 0.5) is 0 Å². The second-order valence-corrected chi connectivity index (χ2v) is 4.54. The van der Waals surface area contributed by atoms with Gasteiger partial charge in [-0.1, -0.05) is 12.8 Å². The molecule has 1 aliphatic heterocycles. The first kappa shape index (κ1) is 9.97. The summed E-state index contributed by atoms with van der Waals surface area (Å²) in [5, 5.41) is 3.25. The average Bonchev–Trinajstić information content (AvgIpc) is 2.88. The maximum Gasteiger partial charge on any atom is 0.225 e. The fraction of sp³-hybridized carbons (Fsp3) is 0.909. The zero-order chi connectivity index (χ0) is 9.97. The van der Waals surface area contributed by atoms with Gasteiger partial charge in [-0.15, -0.1) is 0 Å². The Morgan fingerprint density at radius 3 is 2.57 bits per heavy atom. The standard InChI is InChI=1S/C11H20N2O/c1-12-10-6-7-13(8-10)11(14)9-4-2-3-5-9/h9-10,12H,2-8H2,1H3. The maximum atomic E-state index is 12.0. The third kappa shape index (κ3) is 1.92. The highest BCUT2D eigenvalue weighted by Crippen LogP contribution is 2.27. The number of nitrogens with zero attached hydrogens (tertiary/aromatic N) is 1. The number of hydrogen-bond donors (Lipinski definition) is 1. The molecule has 1 atom stereocenters. The van der Waals surface area contributed by atoms with Crippen LogP contribution in [0.3, 0.4) is 0 Å². The summed E-state index contributed by atoms with van der Waals surface area (Å²) in [7, 11) is 1.98. The van der Waals surface area contributed by atoms with Crippen LogP contribution in [0, 0.1) is 5.92 Å². The lowest BCUT2D eigenvalue weighted by Gasteiger charge is -2.20. The third-order valence-corrected chi connectivity index (χ3v) is 3.61. The zero-order valence-corrected chi connectivity index (χ0v) is 8.96. The molecule has 1 amide bonds. The van der Waals surface area contributed by atoms with E-state index in [-0.39, 0.29) is 0 Å². The molecule has 1 unspecified atom stereocenters. The largest absolute Gasteiger partial charge is 0.341 e. The molecule has 80 valence electrons. The highest BCUT2D eigenvalue weighted by Gasteiger charge is 2.31. The molecule has 0 aromatic heterocycles. The normalized spacial score (nSPS) is 28.6. The van der Waals surface area contributed by atoms with Crippen molar-refractivity contribution in [3.8, 4) is 0 Å². The average molecular weight is 196 g/mol. The van der Waals surface area contributed by atoms with Crippen molar-refractivity contribution in [2.45, 2.75) is 38.1 Å². The molecular weight excluding hydrogens is 176 g/mol. The third-order valence-electron chi connectivity index (χ3n) is 3.61. The first-order valence-electron chi connectivity index (χ1n) is 5.77. The van der Waals surface area contributed by atoms with E-state index in [4.69, 9.17) is 0 Å². The Kier molecular flexibility index (Phi) is 3.06. The molecule has 3 nitrogen and oxygen atoms in total. The molecule has 1 saturated carbocycles. The molecule has 2 aliphatic rings. The lowest BCUT2D eigenvalue weighted by Crippen LogP contribution is -2.36. The molecule has 0 aromatic carbocycles. The summed E-state index contributed by atoms with van der Waals surface area (Å²) in [6.45, 7) is 1.88. The van der Waals surface area contributed by atoms with Crippen molar-refractivity contribution in [1.29, 1.82) is 0 Å².